The highest BCUT2D eigenvalue weighted by molar-refractivity contribution is 5.96. The van der Waals surface area contributed by atoms with Crippen molar-refractivity contribution in [1.29, 1.82) is 0 Å². The molecular formula is C18H28N2O. The SMILES string of the molecule is CC(C)CN(C(=O)c1ccccc1CCN)C1CCCC1. The molecule has 2 rings (SSSR count). The lowest BCUT2D eigenvalue weighted by molar-refractivity contribution is 0.0654. The number of amides is 1. The lowest BCUT2D eigenvalue weighted by Crippen LogP contribution is -2.41. The van der Waals surface area contributed by atoms with Crippen LogP contribution in [0.25, 0.3) is 0 Å². The molecule has 0 heterocycles. The number of hydrogen-bond donors (Lipinski definition) is 1. The van der Waals surface area contributed by atoms with Crippen LogP contribution < -0.4 is 5.73 Å². The summed E-state index contributed by atoms with van der Waals surface area (Å²) in [5.74, 6) is 0.691. The molecule has 3 nitrogen and oxygen atoms in total. The van der Waals surface area contributed by atoms with E-state index in [0.717, 1.165) is 36.9 Å². The topological polar surface area (TPSA) is 46.3 Å². The Labute approximate surface area is 128 Å². The van der Waals surface area contributed by atoms with E-state index in [0.29, 0.717) is 18.5 Å². The summed E-state index contributed by atoms with van der Waals surface area (Å²) in [5, 5.41) is 0. The monoisotopic (exact) mass is 288 g/mol. The maximum absolute atomic E-state index is 13.0. The molecule has 0 atom stereocenters. The third-order valence-corrected chi connectivity index (χ3v) is 4.25. The number of hydrogen-bond acceptors (Lipinski definition) is 2. The molecule has 1 aromatic carbocycles. The average molecular weight is 288 g/mol. The molecule has 1 aliphatic carbocycles. The second-order valence-electron chi connectivity index (χ2n) is 6.49. The summed E-state index contributed by atoms with van der Waals surface area (Å²) in [6.45, 7) is 5.79. The van der Waals surface area contributed by atoms with Crippen LogP contribution in [-0.2, 0) is 6.42 Å². The molecule has 1 aromatic rings. The molecule has 0 aromatic heterocycles. The van der Waals surface area contributed by atoms with Gasteiger partial charge in [0.05, 0.1) is 0 Å². The Kier molecular flexibility index (Phi) is 5.80. The second kappa shape index (κ2) is 7.60. The first kappa shape index (κ1) is 16.0. The summed E-state index contributed by atoms with van der Waals surface area (Å²) in [5.41, 5.74) is 7.61. The second-order valence-corrected chi connectivity index (χ2v) is 6.49. The maximum atomic E-state index is 13.0. The molecule has 0 radical (unpaired) electrons. The Morgan fingerprint density at radius 3 is 2.57 bits per heavy atom. The van der Waals surface area contributed by atoms with E-state index >= 15 is 0 Å². The molecule has 2 N–H and O–H groups in total. The first-order valence-corrected chi connectivity index (χ1v) is 8.22. The molecule has 21 heavy (non-hydrogen) atoms. The molecule has 0 unspecified atom stereocenters. The van der Waals surface area contributed by atoms with Crippen LogP contribution in [0.2, 0.25) is 0 Å². The van der Waals surface area contributed by atoms with Gasteiger partial charge in [0.1, 0.15) is 0 Å². The molecule has 1 amide bonds. The predicted molar refractivity (Wildman–Crippen MR) is 87.3 cm³/mol. The van der Waals surface area contributed by atoms with E-state index in [-0.39, 0.29) is 5.91 Å². The van der Waals surface area contributed by atoms with Gasteiger partial charge in [-0.05, 0) is 43.4 Å². The molecule has 116 valence electrons. The van der Waals surface area contributed by atoms with Crippen LogP contribution in [0.3, 0.4) is 0 Å². The van der Waals surface area contributed by atoms with Gasteiger partial charge < -0.3 is 10.6 Å². The van der Waals surface area contributed by atoms with Crippen molar-refractivity contribution >= 4 is 5.91 Å². The van der Waals surface area contributed by atoms with Crippen molar-refractivity contribution < 1.29 is 4.79 Å². The van der Waals surface area contributed by atoms with Gasteiger partial charge >= 0.3 is 0 Å². The highest BCUT2D eigenvalue weighted by atomic mass is 16.2. The van der Waals surface area contributed by atoms with Gasteiger partial charge in [0.15, 0.2) is 0 Å². The Bertz CT molecular complexity index is 464. The zero-order chi connectivity index (χ0) is 15.2. The third kappa shape index (κ3) is 4.07. The van der Waals surface area contributed by atoms with Gasteiger partial charge in [-0.1, -0.05) is 44.9 Å². The van der Waals surface area contributed by atoms with Gasteiger partial charge in [0.2, 0.25) is 0 Å². The summed E-state index contributed by atoms with van der Waals surface area (Å²) >= 11 is 0. The number of nitrogens with two attached hydrogens (primary N) is 1. The summed E-state index contributed by atoms with van der Waals surface area (Å²) in [6, 6.07) is 8.35. The van der Waals surface area contributed by atoms with E-state index in [1.54, 1.807) is 0 Å². The van der Waals surface area contributed by atoms with Crippen molar-refractivity contribution in [2.75, 3.05) is 13.1 Å². The lowest BCUT2D eigenvalue weighted by Gasteiger charge is -2.31. The van der Waals surface area contributed by atoms with Gasteiger partial charge in [0, 0.05) is 18.2 Å². The predicted octanol–water partition coefficient (Wildman–Crippen LogP) is 3.23. The fourth-order valence-corrected chi connectivity index (χ4v) is 3.26. The minimum atomic E-state index is 0.194. The summed E-state index contributed by atoms with van der Waals surface area (Å²) < 4.78 is 0. The number of carbonyl (C=O) groups excluding carboxylic acids is 1. The van der Waals surface area contributed by atoms with E-state index in [4.69, 9.17) is 5.73 Å². The van der Waals surface area contributed by atoms with Crippen molar-refractivity contribution in [1.82, 2.24) is 4.90 Å². The first-order chi connectivity index (χ1) is 10.1. The Hall–Kier alpha value is -1.35. The van der Waals surface area contributed by atoms with E-state index in [1.807, 2.05) is 24.3 Å². The van der Waals surface area contributed by atoms with Crippen molar-refractivity contribution in [3.8, 4) is 0 Å². The highest BCUT2D eigenvalue weighted by Crippen LogP contribution is 2.26. The number of carbonyl (C=O) groups is 1. The minimum absolute atomic E-state index is 0.194. The van der Waals surface area contributed by atoms with Gasteiger partial charge in [-0.2, -0.15) is 0 Å². The van der Waals surface area contributed by atoms with Crippen LogP contribution in [0.5, 0.6) is 0 Å². The normalized spacial score (nSPS) is 15.6. The van der Waals surface area contributed by atoms with Crippen molar-refractivity contribution in [2.24, 2.45) is 11.7 Å². The number of nitrogens with zero attached hydrogens (tertiary/aromatic N) is 1. The molecule has 1 fully saturated rings. The Morgan fingerprint density at radius 2 is 1.95 bits per heavy atom. The fraction of sp³-hybridized carbons (Fsp3) is 0.611. The third-order valence-electron chi connectivity index (χ3n) is 4.25. The summed E-state index contributed by atoms with van der Waals surface area (Å²) in [6.07, 6.45) is 5.56. The zero-order valence-corrected chi connectivity index (χ0v) is 13.3. The van der Waals surface area contributed by atoms with Crippen molar-refractivity contribution in [3.05, 3.63) is 35.4 Å². The van der Waals surface area contributed by atoms with Crippen LogP contribution in [0, 0.1) is 5.92 Å². The first-order valence-electron chi connectivity index (χ1n) is 8.22. The molecule has 1 saturated carbocycles. The minimum Gasteiger partial charge on any atom is -0.335 e. The van der Waals surface area contributed by atoms with Crippen molar-refractivity contribution in [2.45, 2.75) is 52.0 Å². The molecule has 1 aliphatic rings. The molecule has 0 aliphatic heterocycles. The Balaban J connectivity index is 2.24. The van der Waals surface area contributed by atoms with E-state index in [2.05, 4.69) is 18.7 Å². The van der Waals surface area contributed by atoms with Gasteiger partial charge in [-0.3, -0.25) is 4.79 Å². The van der Waals surface area contributed by atoms with Crippen LogP contribution in [-0.4, -0.2) is 29.9 Å². The highest BCUT2D eigenvalue weighted by Gasteiger charge is 2.28. The summed E-state index contributed by atoms with van der Waals surface area (Å²) in [4.78, 5) is 15.2. The van der Waals surface area contributed by atoms with E-state index in [1.165, 1.54) is 12.8 Å². The van der Waals surface area contributed by atoms with Crippen LogP contribution in [0.1, 0.15) is 55.5 Å². The summed E-state index contributed by atoms with van der Waals surface area (Å²) in [7, 11) is 0. The Morgan fingerprint density at radius 1 is 1.29 bits per heavy atom. The average Bonchev–Trinajstić information content (AvgIpc) is 2.99. The molecular weight excluding hydrogens is 260 g/mol. The lowest BCUT2D eigenvalue weighted by atomic mass is 10.0. The van der Waals surface area contributed by atoms with Crippen LogP contribution in [0.4, 0.5) is 0 Å². The van der Waals surface area contributed by atoms with Crippen LogP contribution in [0.15, 0.2) is 24.3 Å². The standard InChI is InChI=1S/C18H28N2O/c1-14(2)13-20(16-8-4-5-9-16)18(21)17-10-6-3-7-15(17)11-12-19/h3,6-7,10,14,16H,4-5,8-9,11-13,19H2,1-2H3. The number of benzene rings is 1. The maximum Gasteiger partial charge on any atom is 0.254 e. The van der Waals surface area contributed by atoms with Crippen molar-refractivity contribution in [3.63, 3.8) is 0 Å². The largest absolute Gasteiger partial charge is 0.335 e. The molecule has 0 bridgehead atoms. The smallest absolute Gasteiger partial charge is 0.254 e. The molecule has 3 heteroatoms. The molecule has 0 spiro atoms. The number of rotatable bonds is 6. The van der Waals surface area contributed by atoms with E-state index < -0.39 is 0 Å². The van der Waals surface area contributed by atoms with E-state index in [9.17, 15) is 4.79 Å². The zero-order valence-electron chi connectivity index (χ0n) is 13.3. The van der Waals surface area contributed by atoms with Crippen LogP contribution >= 0.6 is 0 Å². The quantitative estimate of drug-likeness (QED) is 0.873. The van der Waals surface area contributed by atoms with Gasteiger partial charge in [0.25, 0.3) is 5.91 Å². The molecule has 0 saturated heterocycles. The fourth-order valence-electron chi connectivity index (χ4n) is 3.26. The van der Waals surface area contributed by atoms with Gasteiger partial charge in [-0.25, -0.2) is 0 Å². The van der Waals surface area contributed by atoms with Gasteiger partial charge in [-0.15, -0.1) is 0 Å².